The van der Waals surface area contributed by atoms with Crippen molar-refractivity contribution in [1.82, 2.24) is 4.57 Å². The molecule has 1 fully saturated rings. The van der Waals surface area contributed by atoms with E-state index in [0.717, 1.165) is 18.5 Å². The highest BCUT2D eigenvalue weighted by Crippen LogP contribution is 2.32. The van der Waals surface area contributed by atoms with Crippen LogP contribution in [-0.2, 0) is 21.3 Å². The Hall–Kier alpha value is -3.40. The Morgan fingerprint density at radius 1 is 1.21 bits per heavy atom. The number of hydrogen-bond donors (Lipinski definition) is 3. The van der Waals surface area contributed by atoms with Gasteiger partial charge in [-0.15, -0.1) is 0 Å². The summed E-state index contributed by atoms with van der Waals surface area (Å²) in [6, 6.07) is 11.1. The predicted octanol–water partition coefficient (Wildman–Crippen LogP) is 4.30. The number of aromatic nitrogens is 1. The zero-order chi connectivity index (χ0) is 27.5. The average molecular weight is 551 g/mol. The van der Waals surface area contributed by atoms with Crippen LogP contribution in [0.25, 0.3) is 10.9 Å². The number of benzene rings is 2. The number of primary sulfonamides is 1. The molecule has 38 heavy (non-hydrogen) atoms. The van der Waals surface area contributed by atoms with Crippen molar-refractivity contribution in [2.24, 2.45) is 5.14 Å². The van der Waals surface area contributed by atoms with Crippen molar-refractivity contribution in [3.63, 3.8) is 0 Å². The smallest absolute Gasteiger partial charge is 0.406 e. The molecule has 204 valence electrons. The van der Waals surface area contributed by atoms with Gasteiger partial charge in [0.2, 0.25) is 10.0 Å². The van der Waals surface area contributed by atoms with Crippen molar-refractivity contribution >= 4 is 32.3 Å². The summed E-state index contributed by atoms with van der Waals surface area (Å²) in [5.74, 6) is 5.95. The molecule has 4 rings (SSSR count). The van der Waals surface area contributed by atoms with Crippen LogP contribution in [0.1, 0.15) is 25.5 Å². The minimum Gasteiger partial charge on any atom is -0.495 e. The van der Waals surface area contributed by atoms with Crippen LogP contribution in [0.5, 0.6) is 5.75 Å². The molecule has 2 atom stereocenters. The van der Waals surface area contributed by atoms with Crippen LogP contribution in [0, 0.1) is 11.8 Å². The molecule has 1 aromatic heterocycles. The van der Waals surface area contributed by atoms with Gasteiger partial charge in [0.25, 0.3) is 0 Å². The first-order valence-electron chi connectivity index (χ1n) is 12.0. The normalized spacial score (nSPS) is 18.1. The van der Waals surface area contributed by atoms with Gasteiger partial charge in [-0.05, 0) is 56.0 Å². The van der Waals surface area contributed by atoms with Gasteiger partial charge in [0.05, 0.1) is 41.6 Å². The van der Waals surface area contributed by atoms with Crippen molar-refractivity contribution in [2.75, 3.05) is 30.9 Å². The van der Waals surface area contributed by atoms with Gasteiger partial charge in [0.15, 0.2) is 0 Å². The van der Waals surface area contributed by atoms with E-state index < -0.39 is 22.7 Å². The number of sulfonamides is 1. The second-order valence-electron chi connectivity index (χ2n) is 9.08. The van der Waals surface area contributed by atoms with E-state index in [0.29, 0.717) is 23.2 Å². The zero-order valence-corrected chi connectivity index (χ0v) is 21.7. The van der Waals surface area contributed by atoms with Crippen LogP contribution < -0.4 is 20.5 Å². The van der Waals surface area contributed by atoms with E-state index in [4.69, 9.17) is 14.6 Å². The van der Waals surface area contributed by atoms with Crippen molar-refractivity contribution in [3.8, 4) is 17.6 Å². The summed E-state index contributed by atoms with van der Waals surface area (Å²) in [6.45, 7) is 1.53. The third kappa shape index (κ3) is 6.72. The molecule has 1 aliphatic rings. The number of nitrogens with one attached hydrogen (secondary N) is 2. The van der Waals surface area contributed by atoms with Gasteiger partial charge in [0.1, 0.15) is 12.3 Å². The van der Waals surface area contributed by atoms with Gasteiger partial charge in [0, 0.05) is 29.8 Å². The molecule has 0 spiro atoms. The molecule has 0 unspecified atom stereocenters. The van der Waals surface area contributed by atoms with Crippen molar-refractivity contribution < 1.29 is 31.1 Å². The lowest BCUT2D eigenvalue weighted by molar-refractivity contribution is -0.140. The SMILES string of the molecule is COc1cc(S(N)(=O)=O)ccc1NCC#Cc1cc2c(N[C@@H]3CCO[C@@H](C)C3)cccc2n1CC(F)(F)F. The number of anilines is 2. The Morgan fingerprint density at radius 2 is 2.00 bits per heavy atom. The minimum absolute atomic E-state index is 0.0731. The molecule has 12 heteroatoms. The van der Waals surface area contributed by atoms with Gasteiger partial charge in [-0.1, -0.05) is 12.0 Å². The fourth-order valence-corrected chi connectivity index (χ4v) is 5.01. The quantitative estimate of drug-likeness (QED) is 0.379. The molecule has 8 nitrogen and oxygen atoms in total. The number of nitrogens with two attached hydrogens (primary N) is 1. The Balaban J connectivity index is 1.60. The highest BCUT2D eigenvalue weighted by Gasteiger charge is 2.30. The minimum atomic E-state index is -4.43. The first kappa shape index (κ1) is 27.6. The van der Waals surface area contributed by atoms with E-state index in [1.54, 1.807) is 18.2 Å². The monoisotopic (exact) mass is 550 g/mol. The van der Waals surface area contributed by atoms with Gasteiger partial charge in [-0.3, -0.25) is 0 Å². The van der Waals surface area contributed by atoms with E-state index in [-0.39, 0.29) is 35.0 Å². The van der Waals surface area contributed by atoms with Crippen molar-refractivity contribution in [1.29, 1.82) is 0 Å². The summed E-state index contributed by atoms with van der Waals surface area (Å²) >= 11 is 0. The van der Waals surface area contributed by atoms with E-state index in [2.05, 4.69) is 22.5 Å². The molecule has 3 aromatic rings. The highest BCUT2D eigenvalue weighted by atomic mass is 32.2. The van der Waals surface area contributed by atoms with Crippen molar-refractivity contribution in [3.05, 3.63) is 48.2 Å². The summed E-state index contributed by atoms with van der Waals surface area (Å²) in [6.07, 6.45) is -2.71. The van der Waals surface area contributed by atoms with Crippen LogP contribution in [0.2, 0.25) is 0 Å². The molecule has 0 saturated carbocycles. The molecule has 0 bridgehead atoms. The lowest BCUT2D eigenvalue weighted by Crippen LogP contribution is -2.32. The Kier molecular flexibility index (Phi) is 8.10. The van der Waals surface area contributed by atoms with E-state index in [1.807, 2.05) is 13.0 Å². The third-order valence-corrected chi connectivity index (χ3v) is 7.12. The molecule has 2 aromatic carbocycles. The van der Waals surface area contributed by atoms with Crippen LogP contribution >= 0.6 is 0 Å². The summed E-state index contributed by atoms with van der Waals surface area (Å²) in [5.41, 5.74) is 1.88. The molecule has 1 saturated heterocycles. The second-order valence-corrected chi connectivity index (χ2v) is 10.6. The summed E-state index contributed by atoms with van der Waals surface area (Å²) < 4.78 is 75.6. The van der Waals surface area contributed by atoms with Crippen molar-refractivity contribution in [2.45, 2.75) is 49.5 Å². The highest BCUT2D eigenvalue weighted by molar-refractivity contribution is 7.89. The number of ether oxygens (including phenoxy) is 2. The van der Waals surface area contributed by atoms with Crippen LogP contribution in [0.4, 0.5) is 24.5 Å². The maximum Gasteiger partial charge on any atom is 0.406 e. The van der Waals surface area contributed by atoms with Gasteiger partial charge in [-0.25, -0.2) is 13.6 Å². The molecule has 0 radical (unpaired) electrons. The zero-order valence-electron chi connectivity index (χ0n) is 20.9. The average Bonchev–Trinajstić information content (AvgIpc) is 3.18. The fraction of sp³-hybridized carbons (Fsp3) is 0.385. The number of rotatable bonds is 7. The predicted molar refractivity (Wildman–Crippen MR) is 140 cm³/mol. The maximum absolute atomic E-state index is 13.5. The third-order valence-electron chi connectivity index (χ3n) is 6.21. The lowest BCUT2D eigenvalue weighted by Gasteiger charge is -2.29. The molecule has 0 amide bonds. The van der Waals surface area contributed by atoms with Crippen LogP contribution in [-0.4, -0.2) is 51.6 Å². The van der Waals surface area contributed by atoms with E-state index in [1.165, 1.54) is 29.9 Å². The Bertz CT molecular complexity index is 1480. The number of methoxy groups -OCH3 is 1. The molecule has 4 N–H and O–H groups in total. The van der Waals surface area contributed by atoms with E-state index in [9.17, 15) is 21.6 Å². The number of hydrogen-bond acceptors (Lipinski definition) is 6. The standard InChI is InChI=1S/C26H29F3N4O4S/c1-17-13-18(10-12-37-17)32-22-6-3-7-24-21(22)14-19(33(24)16-26(27,28)29)5-4-11-31-23-9-8-20(38(30,34)35)15-25(23)36-2/h3,6-9,14-15,17-18,31-32H,10-13,16H2,1-2H3,(H2,30,34,35)/t17-,18+/m0/s1. The maximum atomic E-state index is 13.5. The van der Waals surface area contributed by atoms with Crippen LogP contribution in [0.15, 0.2) is 47.4 Å². The van der Waals surface area contributed by atoms with Gasteiger partial charge in [-0.2, -0.15) is 13.2 Å². The molecule has 0 aliphatic carbocycles. The van der Waals surface area contributed by atoms with E-state index >= 15 is 0 Å². The molecular weight excluding hydrogens is 521 g/mol. The van der Waals surface area contributed by atoms with Crippen LogP contribution in [0.3, 0.4) is 0 Å². The fourth-order valence-electron chi connectivity index (χ4n) is 4.48. The molecule has 2 heterocycles. The number of nitrogens with zero attached hydrogens (tertiary/aromatic N) is 1. The molecular formula is C26H29F3N4O4S. The summed E-state index contributed by atoms with van der Waals surface area (Å²) in [7, 11) is -2.53. The first-order chi connectivity index (χ1) is 17.9. The topological polar surface area (TPSA) is 108 Å². The summed E-state index contributed by atoms with van der Waals surface area (Å²) in [5, 5.41) is 12.3. The van der Waals surface area contributed by atoms with Gasteiger partial charge < -0.3 is 24.7 Å². The number of halogens is 3. The first-order valence-corrected chi connectivity index (χ1v) is 13.5. The molecule has 1 aliphatic heterocycles. The Labute approximate surface area is 219 Å². The summed E-state index contributed by atoms with van der Waals surface area (Å²) in [4.78, 5) is -0.109. The largest absolute Gasteiger partial charge is 0.495 e. The lowest BCUT2D eigenvalue weighted by atomic mass is 10.0. The number of alkyl halides is 3. The van der Waals surface area contributed by atoms with Gasteiger partial charge >= 0.3 is 6.18 Å². The Morgan fingerprint density at radius 3 is 2.68 bits per heavy atom. The second kappa shape index (κ2) is 11.1. The number of fused-ring (bicyclic) bond motifs is 1.